The Morgan fingerprint density at radius 3 is 3.06 bits per heavy atom. The van der Waals surface area contributed by atoms with Crippen LogP contribution in [-0.2, 0) is 0 Å². The molecule has 1 aliphatic heterocycles. The lowest BCUT2D eigenvalue weighted by Crippen LogP contribution is -2.23. The van der Waals surface area contributed by atoms with Crippen molar-refractivity contribution in [3.05, 3.63) is 23.4 Å². The van der Waals surface area contributed by atoms with E-state index in [1.165, 1.54) is 17.3 Å². The van der Waals surface area contributed by atoms with E-state index in [9.17, 15) is 0 Å². The summed E-state index contributed by atoms with van der Waals surface area (Å²) in [5.41, 5.74) is 7.48. The van der Waals surface area contributed by atoms with Gasteiger partial charge in [0.15, 0.2) is 0 Å². The zero-order chi connectivity index (χ0) is 13.0. The third-order valence-electron chi connectivity index (χ3n) is 2.63. The molecule has 1 atom stereocenters. The lowest BCUT2D eigenvalue weighted by Gasteiger charge is -2.21. The van der Waals surface area contributed by atoms with Gasteiger partial charge >= 0.3 is 0 Å². The van der Waals surface area contributed by atoms with Gasteiger partial charge in [0.25, 0.3) is 0 Å². The van der Waals surface area contributed by atoms with Crippen LogP contribution in [0.1, 0.15) is 11.3 Å². The second kappa shape index (κ2) is 6.63. The number of hydrogen-bond acceptors (Lipinski definition) is 5. The number of nitrogens with zero attached hydrogens (tertiary/aromatic N) is 1. The van der Waals surface area contributed by atoms with Gasteiger partial charge < -0.3 is 11.1 Å². The molecular formula is C12H17N3S3. The number of rotatable bonds is 4. The van der Waals surface area contributed by atoms with E-state index in [1.807, 2.05) is 42.6 Å². The van der Waals surface area contributed by atoms with Crippen LogP contribution in [0.3, 0.4) is 0 Å². The highest BCUT2D eigenvalue weighted by Crippen LogP contribution is 2.24. The van der Waals surface area contributed by atoms with E-state index in [4.69, 9.17) is 18.0 Å². The van der Waals surface area contributed by atoms with Crippen LogP contribution in [0.25, 0.3) is 0 Å². The fraction of sp³-hybridized carbons (Fsp3) is 0.500. The monoisotopic (exact) mass is 299 g/mol. The molecule has 98 valence electrons. The summed E-state index contributed by atoms with van der Waals surface area (Å²) in [6.45, 7) is 2.91. The van der Waals surface area contributed by atoms with E-state index in [1.54, 1.807) is 0 Å². The van der Waals surface area contributed by atoms with Gasteiger partial charge in [-0.05, 0) is 19.1 Å². The first-order chi connectivity index (χ1) is 8.65. The van der Waals surface area contributed by atoms with Gasteiger partial charge in [-0.3, -0.25) is 0 Å². The predicted molar refractivity (Wildman–Crippen MR) is 86.9 cm³/mol. The van der Waals surface area contributed by atoms with E-state index in [2.05, 4.69) is 10.3 Å². The second-order valence-corrected chi connectivity index (χ2v) is 7.19. The van der Waals surface area contributed by atoms with Gasteiger partial charge in [-0.25, -0.2) is 4.98 Å². The van der Waals surface area contributed by atoms with Gasteiger partial charge in [-0.15, -0.1) is 0 Å². The Hall–Kier alpha value is -0.460. The van der Waals surface area contributed by atoms with Crippen molar-refractivity contribution in [2.45, 2.75) is 12.2 Å². The molecule has 18 heavy (non-hydrogen) atoms. The van der Waals surface area contributed by atoms with Crippen molar-refractivity contribution >= 4 is 46.5 Å². The topological polar surface area (TPSA) is 50.9 Å². The summed E-state index contributed by atoms with van der Waals surface area (Å²) in [5.74, 6) is 4.60. The molecule has 0 spiro atoms. The minimum absolute atomic E-state index is 0.422. The molecule has 2 heterocycles. The average molecular weight is 299 g/mol. The number of thiocarbonyl (C=S) groups is 1. The van der Waals surface area contributed by atoms with Gasteiger partial charge in [-0.1, -0.05) is 12.2 Å². The Labute approximate surface area is 122 Å². The second-order valence-electron chi connectivity index (χ2n) is 4.20. The fourth-order valence-electron chi connectivity index (χ4n) is 1.77. The van der Waals surface area contributed by atoms with E-state index < -0.39 is 0 Å². The van der Waals surface area contributed by atoms with Crippen LogP contribution in [0.5, 0.6) is 0 Å². The molecular weight excluding hydrogens is 282 g/mol. The van der Waals surface area contributed by atoms with Crippen LogP contribution in [-0.4, -0.2) is 39.0 Å². The lowest BCUT2D eigenvalue weighted by atomic mass is 10.2. The smallest absolute Gasteiger partial charge is 0.126 e. The summed E-state index contributed by atoms with van der Waals surface area (Å²) in [5, 5.41) is 4.06. The molecule has 3 nitrogen and oxygen atoms in total. The number of hydrogen-bond donors (Lipinski definition) is 2. The zero-order valence-corrected chi connectivity index (χ0v) is 12.8. The molecule has 1 aromatic heterocycles. The zero-order valence-electron chi connectivity index (χ0n) is 10.3. The Morgan fingerprint density at radius 1 is 1.56 bits per heavy atom. The Morgan fingerprint density at radius 2 is 2.39 bits per heavy atom. The predicted octanol–water partition coefficient (Wildman–Crippen LogP) is 2.28. The summed E-state index contributed by atoms with van der Waals surface area (Å²) in [7, 11) is 0. The SMILES string of the molecule is Cc1cc(C(N)=S)cc(NCC2CSCCS2)n1. The van der Waals surface area contributed by atoms with E-state index >= 15 is 0 Å². The highest BCUT2D eigenvalue weighted by Gasteiger charge is 2.14. The average Bonchev–Trinajstić information content (AvgIpc) is 2.37. The van der Waals surface area contributed by atoms with Crippen LogP contribution >= 0.6 is 35.7 Å². The Kier molecular flexibility index (Phi) is 5.14. The first-order valence-electron chi connectivity index (χ1n) is 5.87. The molecule has 6 heteroatoms. The molecule has 1 fully saturated rings. The number of aromatic nitrogens is 1. The molecule has 1 aliphatic rings. The minimum atomic E-state index is 0.422. The van der Waals surface area contributed by atoms with Crippen LogP contribution in [0.2, 0.25) is 0 Å². The number of thioether (sulfide) groups is 2. The molecule has 1 unspecified atom stereocenters. The van der Waals surface area contributed by atoms with Crippen LogP contribution in [0.4, 0.5) is 5.82 Å². The summed E-state index contributed by atoms with van der Waals surface area (Å²) < 4.78 is 0. The molecule has 0 bridgehead atoms. The Bertz CT molecular complexity index is 431. The molecule has 0 amide bonds. The highest BCUT2D eigenvalue weighted by atomic mass is 32.2. The van der Waals surface area contributed by atoms with Gasteiger partial charge in [0.1, 0.15) is 10.8 Å². The van der Waals surface area contributed by atoms with E-state index in [0.29, 0.717) is 10.2 Å². The molecule has 3 N–H and O–H groups in total. The molecule has 0 radical (unpaired) electrons. The summed E-state index contributed by atoms with van der Waals surface area (Å²) in [6, 6.07) is 3.84. The molecule has 1 saturated heterocycles. The third kappa shape index (κ3) is 4.03. The maximum absolute atomic E-state index is 5.66. The van der Waals surface area contributed by atoms with Crippen molar-refractivity contribution in [1.82, 2.24) is 4.98 Å². The lowest BCUT2D eigenvalue weighted by molar-refractivity contribution is 0.988. The maximum atomic E-state index is 5.66. The normalized spacial score (nSPS) is 19.5. The van der Waals surface area contributed by atoms with Gasteiger partial charge in [0.05, 0.1) is 0 Å². The highest BCUT2D eigenvalue weighted by molar-refractivity contribution is 8.06. The van der Waals surface area contributed by atoms with Gasteiger partial charge in [0, 0.05) is 40.3 Å². The maximum Gasteiger partial charge on any atom is 0.126 e. The molecule has 0 aromatic carbocycles. The van der Waals surface area contributed by atoms with E-state index in [-0.39, 0.29) is 0 Å². The van der Waals surface area contributed by atoms with Crippen molar-refractivity contribution in [1.29, 1.82) is 0 Å². The van der Waals surface area contributed by atoms with E-state index in [0.717, 1.165) is 23.6 Å². The van der Waals surface area contributed by atoms with Crippen molar-refractivity contribution in [2.24, 2.45) is 5.73 Å². The number of anilines is 1. The third-order valence-corrected chi connectivity index (χ3v) is 5.71. The fourth-order valence-corrected chi connectivity index (χ4v) is 4.50. The number of aryl methyl sites for hydroxylation is 1. The first kappa shape index (κ1) is 14.0. The molecule has 1 aromatic rings. The van der Waals surface area contributed by atoms with Crippen molar-refractivity contribution in [3.63, 3.8) is 0 Å². The molecule has 0 aliphatic carbocycles. The molecule has 2 rings (SSSR count). The number of nitrogens with two attached hydrogens (primary N) is 1. The van der Waals surface area contributed by atoms with Gasteiger partial charge in [0.2, 0.25) is 0 Å². The van der Waals surface area contributed by atoms with Gasteiger partial charge in [-0.2, -0.15) is 23.5 Å². The molecule has 0 saturated carbocycles. The standard InChI is InChI=1S/C12H17N3S3/c1-8-4-9(12(13)16)5-11(15-8)14-6-10-7-17-2-3-18-10/h4-5,10H,2-3,6-7H2,1H3,(H2,13,16)(H,14,15). The minimum Gasteiger partial charge on any atom is -0.389 e. The van der Waals surface area contributed by atoms with Crippen molar-refractivity contribution in [2.75, 3.05) is 29.1 Å². The van der Waals surface area contributed by atoms with Crippen LogP contribution in [0.15, 0.2) is 12.1 Å². The van der Waals surface area contributed by atoms with Crippen molar-refractivity contribution in [3.8, 4) is 0 Å². The summed E-state index contributed by atoms with van der Waals surface area (Å²) >= 11 is 9.07. The Balaban J connectivity index is 1.97. The quantitative estimate of drug-likeness (QED) is 0.832. The largest absolute Gasteiger partial charge is 0.389 e. The first-order valence-corrected chi connectivity index (χ1v) is 8.48. The number of nitrogens with one attached hydrogen (secondary N) is 1. The summed E-state index contributed by atoms with van der Waals surface area (Å²) in [4.78, 5) is 4.88. The van der Waals surface area contributed by atoms with Crippen molar-refractivity contribution < 1.29 is 0 Å². The van der Waals surface area contributed by atoms with Crippen LogP contribution < -0.4 is 11.1 Å². The summed E-state index contributed by atoms with van der Waals surface area (Å²) in [6.07, 6.45) is 0. The number of pyridine rings is 1. The van der Waals surface area contributed by atoms with Crippen LogP contribution in [0, 0.1) is 6.92 Å².